The van der Waals surface area contributed by atoms with Crippen LogP contribution < -0.4 is 0 Å². The van der Waals surface area contributed by atoms with Crippen molar-refractivity contribution in [1.82, 2.24) is 4.98 Å². The molecule has 84 valence electrons. The maximum atomic E-state index is 11.3. The van der Waals surface area contributed by atoms with E-state index in [1.54, 1.807) is 6.26 Å². The van der Waals surface area contributed by atoms with Crippen LogP contribution in [0.4, 0.5) is 0 Å². The standard InChI is InChI=1S/C7H6Cl3NO2S2/c1-14-6-4(9)3(8)5(10)7(11-6)15(2,12)13/h1-2H3. The van der Waals surface area contributed by atoms with Gasteiger partial charge in [0.15, 0.2) is 14.9 Å². The van der Waals surface area contributed by atoms with Gasteiger partial charge in [0.1, 0.15) is 5.03 Å². The molecule has 0 unspecified atom stereocenters. The van der Waals surface area contributed by atoms with Crippen molar-refractivity contribution in [3.05, 3.63) is 15.1 Å². The van der Waals surface area contributed by atoms with Gasteiger partial charge in [0.05, 0.1) is 15.1 Å². The molecule has 0 atom stereocenters. The molecule has 8 heteroatoms. The summed E-state index contributed by atoms with van der Waals surface area (Å²) in [6.45, 7) is 0. The van der Waals surface area contributed by atoms with Crippen molar-refractivity contribution in [3.8, 4) is 0 Å². The van der Waals surface area contributed by atoms with Gasteiger partial charge in [-0.2, -0.15) is 0 Å². The van der Waals surface area contributed by atoms with Crippen molar-refractivity contribution < 1.29 is 8.42 Å². The number of aromatic nitrogens is 1. The summed E-state index contributed by atoms with van der Waals surface area (Å²) in [5, 5.41) is 0.135. The lowest BCUT2D eigenvalue weighted by molar-refractivity contribution is 0.597. The van der Waals surface area contributed by atoms with E-state index in [9.17, 15) is 8.42 Å². The van der Waals surface area contributed by atoms with Gasteiger partial charge in [0.25, 0.3) is 0 Å². The largest absolute Gasteiger partial charge is 0.227 e. The molecular formula is C7H6Cl3NO2S2. The van der Waals surface area contributed by atoms with Gasteiger partial charge in [0.2, 0.25) is 0 Å². The predicted octanol–water partition coefficient (Wildman–Crippen LogP) is 3.17. The lowest BCUT2D eigenvalue weighted by Gasteiger charge is -2.08. The van der Waals surface area contributed by atoms with E-state index >= 15 is 0 Å². The van der Waals surface area contributed by atoms with E-state index in [1.165, 1.54) is 11.8 Å². The van der Waals surface area contributed by atoms with Crippen LogP contribution >= 0.6 is 46.6 Å². The van der Waals surface area contributed by atoms with E-state index in [-0.39, 0.29) is 20.1 Å². The van der Waals surface area contributed by atoms with Crippen LogP contribution in [0.25, 0.3) is 0 Å². The molecule has 0 bridgehead atoms. The highest BCUT2D eigenvalue weighted by atomic mass is 35.5. The van der Waals surface area contributed by atoms with Gasteiger partial charge in [-0.1, -0.05) is 34.8 Å². The Kier molecular flexibility index (Phi) is 4.17. The minimum Gasteiger partial charge on any atom is -0.227 e. The van der Waals surface area contributed by atoms with E-state index < -0.39 is 9.84 Å². The van der Waals surface area contributed by atoms with Crippen LogP contribution in [0, 0.1) is 0 Å². The Morgan fingerprint density at radius 2 is 1.67 bits per heavy atom. The van der Waals surface area contributed by atoms with E-state index in [0.717, 1.165) is 6.26 Å². The van der Waals surface area contributed by atoms with Crippen LogP contribution in [0.2, 0.25) is 15.1 Å². The quantitative estimate of drug-likeness (QED) is 0.787. The molecule has 0 saturated heterocycles. The molecule has 0 aliphatic rings. The van der Waals surface area contributed by atoms with Crippen molar-refractivity contribution in [1.29, 1.82) is 0 Å². The zero-order valence-electron chi connectivity index (χ0n) is 7.71. The highest BCUT2D eigenvalue weighted by Gasteiger charge is 2.21. The maximum Gasteiger partial charge on any atom is 0.194 e. The molecule has 1 rings (SSSR count). The SMILES string of the molecule is CSc1nc(S(C)(=O)=O)c(Cl)c(Cl)c1Cl. The molecular weight excluding hydrogens is 301 g/mol. The number of nitrogens with zero attached hydrogens (tertiary/aromatic N) is 1. The van der Waals surface area contributed by atoms with Crippen molar-refractivity contribution in [2.24, 2.45) is 0 Å². The van der Waals surface area contributed by atoms with Crippen LogP contribution in [0.15, 0.2) is 10.1 Å². The predicted molar refractivity (Wildman–Crippen MR) is 64.2 cm³/mol. The average Bonchev–Trinajstić information content (AvgIpc) is 2.13. The lowest BCUT2D eigenvalue weighted by atomic mass is 10.5. The summed E-state index contributed by atoms with van der Waals surface area (Å²) in [7, 11) is -3.50. The van der Waals surface area contributed by atoms with Crippen LogP contribution in [0.3, 0.4) is 0 Å². The fourth-order valence-corrected chi connectivity index (χ4v) is 3.33. The number of hydrogen-bond donors (Lipinski definition) is 0. The topological polar surface area (TPSA) is 47.0 Å². The molecule has 0 aliphatic heterocycles. The molecule has 1 aromatic heterocycles. The molecule has 1 aromatic rings. The minimum atomic E-state index is -3.50. The number of thioether (sulfide) groups is 1. The van der Waals surface area contributed by atoms with E-state index in [0.29, 0.717) is 5.03 Å². The number of rotatable bonds is 2. The van der Waals surface area contributed by atoms with Gasteiger partial charge in [0, 0.05) is 6.26 Å². The van der Waals surface area contributed by atoms with Crippen LogP contribution in [0.5, 0.6) is 0 Å². The zero-order valence-corrected chi connectivity index (χ0v) is 11.6. The normalized spacial score (nSPS) is 11.8. The van der Waals surface area contributed by atoms with Crippen LogP contribution in [0.1, 0.15) is 0 Å². The Labute approximate surface area is 107 Å². The van der Waals surface area contributed by atoms with Crippen molar-refractivity contribution >= 4 is 56.4 Å². The number of pyridine rings is 1. The summed E-state index contributed by atoms with van der Waals surface area (Å²) in [6, 6.07) is 0. The third kappa shape index (κ3) is 2.71. The van der Waals surface area contributed by atoms with Crippen molar-refractivity contribution in [3.63, 3.8) is 0 Å². The summed E-state index contributed by atoms with van der Waals surface area (Å²) >= 11 is 18.6. The molecule has 0 amide bonds. The number of sulfone groups is 1. The molecule has 0 aliphatic carbocycles. The third-order valence-corrected chi connectivity index (χ3v) is 4.72. The molecule has 3 nitrogen and oxygen atoms in total. The Bertz CT molecular complexity index is 501. The Morgan fingerprint density at radius 1 is 1.13 bits per heavy atom. The first kappa shape index (κ1) is 13.4. The zero-order chi connectivity index (χ0) is 11.8. The fourth-order valence-electron chi connectivity index (χ4n) is 0.855. The van der Waals surface area contributed by atoms with Gasteiger partial charge in [-0.05, 0) is 6.26 Å². The summed E-state index contributed by atoms with van der Waals surface area (Å²) in [5.74, 6) is 0. The first-order valence-electron chi connectivity index (χ1n) is 3.57. The highest BCUT2D eigenvalue weighted by Crippen LogP contribution is 2.38. The van der Waals surface area contributed by atoms with E-state index in [2.05, 4.69) is 4.98 Å². The van der Waals surface area contributed by atoms with Gasteiger partial charge in [-0.15, -0.1) is 11.8 Å². The fraction of sp³-hybridized carbons (Fsp3) is 0.286. The average molecular weight is 307 g/mol. The summed E-state index contributed by atoms with van der Waals surface area (Å²) in [5.41, 5.74) is 0. The van der Waals surface area contributed by atoms with Gasteiger partial charge < -0.3 is 0 Å². The van der Waals surface area contributed by atoms with Crippen molar-refractivity contribution in [2.75, 3.05) is 12.5 Å². The Hall–Kier alpha value is 0.320. The molecule has 0 saturated carbocycles. The van der Waals surface area contributed by atoms with Gasteiger partial charge in [-0.25, -0.2) is 13.4 Å². The molecule has 15 heavy (non-hydrogen) atoms. The first-order valence-corrected chi connectivity index (χ1v) is 7.82. The third-order valence-electron chi connectivity index (χ3n) is 1.51. The summed E-state index contributed by atoms with van der Waals surface area (Å²) in [6.07, 6.45) is 2.72. The molecule has 0 aromatic carbocycles. The summed E-state index contributed by atoms with van der Waals surface area (Å²) < 4.78 is 22.7. The molecule has 0 N–H and O–H groups in total. The molecule has 1 heterocycles. The van der Waals surface area contributed by atoms with Gasteiger partial charge >= 0.3 is 0 Å². The second-order valence-electron chi connectivity index (χ2n) is 2.64. The van der Waals surface area contributed by atoms with Crippen LogP contribution in [-0.4, -0.2) is 25.9 Å². The maximum absolute atomic E-state index is 11.3. The van der Waals surface area contributed by atoms with Gasteiger partial charge in [-0.3, -0.25) is 0 Å². The number of hydrogen-bond acceptors (Lipinski definition) is 4. The van der Waals surface area contributed by atoms with E-state index in [4.69, 9.17) is 34.8 Å². The lowest BCUT2D eigenvalue weighted by Crippen LogP contribution is -2.03. The molecule has 0 radical (unpaired) electrons. The first-order chi connectivity index (χ1) is 6.79. The summed E-state index contributed by atoms with van der Waals surface area (Å²) in [4.78, 5) is 3.85. The molecule has 0 spiro atoms. The Morgan fingerprint density at radius 3 is 2.07 bits per heavy atom. The minimum absolute atomic E-state index is 0.0121. The van der Waals surface area contributed by atoms with Crippen molar-refractivity contribution in [2.45, 2.75) is 10.1 Å². The second kappa shape index (κ2) is 4.67. The van der Waals surface area contributed by atoms with E-state index in [1.807, 2.05) is 0 Å². The smallest absolute Gasteiger partial charge is 0.194 e. The number of halogens is 3. The highest BCUT2D eigenvalue weighted by molar-refractivity contribution is 7.98. The second-order valence-corrected chi connectivity index (χ2v) is 6.50. The Balaban J connectivity index is 3.64. The van der Waals surface area contributed by atoms with Crippen LogP contribution in [-0.2, 0) is 9.84 Å². The molecule has 0 fully saturated rings. The monoisotopic (exact) mass is 305 g/mol.